The minimum atomic E-state index is -3.22. The van der Waals surface area contributed by atoms with Crippen LogP contribution in [-0.4, -0.2) is 23.4 Å². The first-order chi connectivity index (χ1) is 13.3. The van der Waals surface area contributed by atoms with Crippen LogP contribution in [0.4, 0.5) is 17.6 Å². The number of hydrogen-bond donors (Lipinski definition) is 0. The van der Waals surface area contributed by atoms with E-state index in [2.05, 4.69) is 25.7 Å². The molecule has 0 saturated heterocycles. The number of halogens is 4. The molecule has 10 heteroatoms. The molecule has 1 fully saturated rings. The molecular formula is C18H17F4N3O3. The summed E-state index contributed by atoms with van der Waals surface area (Å²) in [5.74, 6) is -0.0814. The van der Waals surface area contributed by atoms with Gasteiger partial charge in [0.15, 0.2) is 11.5 Å². The number of rotatable bonds is 6. The molecule has 0 bridgehead atoms. The Morgan fingerprint density at radius 1 is 1.11 bits per heavy atom. The van der Waals surface area contributed by atoms with Gasteiger partial charge in [-0.1, -0.05) is 6.07 Å². The third-order valence-electron chi connectivity index (χ3n) is 4.87. The molecule has 1 saturated carbocycles. The molecule has 0 unspecified atom stereocenters. The summed E-state index contributed by atoms with van der Waals surface area (Å²) < 4.78 is 64.4. The van der Waals surface area contributed by atoms with Crippen molar-refractivity contribution in [2.45, 2.75) is 57.2 Å². The first kappa shape index (κ1) is 19.9. The lowest BCUT2D eigenvalue weighted by Crippen LogP contribution is -2.30. The van der Waals surface area contributed by atoms with E-state index in [1.165, 1.54) is 12.1 Å². The van der Waals surface area contributed by atoms with E-state index < -0.39 is 30.1 Å². The summed E-state index contributed by atoms with van der Waals surface area (Å²) in [4.78, 5) is 0. The van der Waals surface area contributed by atoms with Crippen LogP contribution in [0.3, 0.4) is 0 Å². The molecular weight excluding hydrogens is 382 g/mol. The van der Waals surface area contributed by atoms with Crippen LogP contribution >= 0.6 is 0 Å². The predicted molar refractivity (Wildman–Crippen MR) is 87.2 cm³/mol. The van der Waals surface area contributed by atoms with Crippen LogP contribution in [0, 0.1) is 18.3 Å². The van der Waals surface area contributed by atoms with Crippen molar-refractivity contribution in [3.63, 3.8) is 0 Å². The highest BCUT2D eigenvalue weighted by Crippen LogP contribution is 2.46. The van der Waals surface area contributed by atoms with E-state index in [9.17, 15) is 22.8 Å². The van der Waals surface area contributed by atoms with Crippen molar-refractivity contribution < 1.29 is 31.5 Å². The zero-order chi connectivity index (χ0) is 20.3. The van der Waals surface area contributed by atoms with Crippen molar-refractivity contribution in [1.29, 1.82) is 5.26 Å². The monoisotopic (exact) mass is 399 g/mol. The molecule has 0 spiro atoms. The Bertz CT molecular complexity index is 858. The van der Waals surface area contributed by atoms with Crippen LogP contribution in [0.25, 0.3) is 0 Å². The fraction of sp³-hybridized carbons (Fsp3) is 0.500. The Morgan fingerprint density at radius 2 is 1.75 bits per heavy atom. The number of aromatic nitrogens is 2. The molecule has 1 aromatic heterocycles. The zero-order valence-corrected chi connectivity index (χ0v) is 14.9. The number of benzene rings is 1. The zero-order valence-electron chi connectivity index (χ0n) is 14.9. The van der Waals surface area contributed by atoms with E-state index in [1.807, 2.05) is 0 Å². The molecule has 1 aliphatic rings. The van der Waals surface area contributed by atoms with Crippen molar-refractivity contribution in [1.82, 2.24) is 10.2 Å². The minimum absolute atomic E-state index is 0.000833. The van der Waals surface area contributed by atoms with E-state index in [1.54, 1.807) is 6.92 Å². The van der Waals surface area contributed by atoms with Crippen LogP contribution in [0.5, 0.6) is 11.5 Å². The standard InChI is InChI=1S/C18H17F4N3O3/c1-10-24-25-15(26-10)11-4-6-18(9-23,7-5-11)12-2-3-13(27-16(19)20)14(8-12)28-17(21)22/h2-3,8,11,16-17H,4-7H2,1H3. The molecule has 1 heterocycles. The third kappa shape index (κ3) is 4.18. The van der Waals surface area contributed by atoms with Crippen molar-refractivity contribution >= 4 is 0 Å². The summed E-state index contributed by atoms with van der Waals surface area (Å²) in [6.07, 6.45) is 1.99. The van der Waals surface area contributed by atoms with Gasteiger partial charge in [-0.2, -0.15) is 22.8 Å². The Balaban J connectivity index is 1.85. The Labute approximate surface area is 158 Å². The Kier molecular flexibility index (Phi) is 5.72. The number of alkyl halides is 4. The normalized spacial score (nSPS) is 22.3. The summed E-state index contributed by atoms with van der Waals surface area (Å²) >= 11 is 0. The summed E-state index contributed by atoms with van der Waals surface area (Å²) in [6.45, 7) is -4.72. The third-order valence-corrected chi connectivity index (χ3v) is 4.87. The molecule has 0 atom stereocenters. The molecule has 1 aliphatic carbocycles. The van der Waals surface area contributed by atoms with Crippen LogP contribution in [-0.2, 0) is 5.41 Å². The van der Waals surface area contributed by atoms with Crippen LogP contribution in [0.1, 0.15) is 48.9 Å². The van der Waals surface area contributed by atoms with Gasteiger partial charge >= 0.3 is 13.2 Å². The van der Waals surface area contributed by atoms with Crippen LogP contribution < -0.4 is 9.47 Å². The molecule has 28 heavy (non-hydrogen) atoms. The van der Waals surface area contributed by atoms with Gasteiger partial charge < -0.3 is 13.9 Å². The first-order valence-electron chi connectivity index (χ1n) is 8.58. The van der Waals surface area contributed by atoms with Gasteiger partial charge in [-0.3, -0.25) is 0 Å². The largest absolute Gasteiger partial charge is 0.431 e. The second-order valence-electron chi connectivity index (χ2n) is 6.55. The second kappa shape index (κ2) is 8.04. The van der Waals surface area contributed by atoms with Crippen molar-refractivity contribution in [3.05, 3.63) is 35.5 Å². The first-order valence-corrected chi connectivity index (χ1v) is 8.58. The average Bonchev–Trinajstić information content (AvgIpc) is 3.09. The fourth-order valence-corrected chi connectivity index (χ4v) is 3.49. The van der Waals surface area contributed by atoms with Gasteiger partial charge in [-0.25, -0.2) is 0 Å². The van der Waals surface area contributed by atoms with Gasteiger partial charge in [0.2, 0.25) is 11.8 Å². The molecule has 0 N–H and O–H groups in total. The van der Waals surface area contributed by atoms with Gasteiger partial charge in [-0.15, -0.1) is 10.2 Å². The van der Waals surface area contributed by atoms with E-state index in [-0.39, 0.29) is 5.92 Å². The van der Waals surface area contributed by atoms with Gasteiger partial charge in [-0.05, 0) is 43.4 Å². The smallest absolute Gasteiger partial charge is 0.387 e. The van der Waals surface area contributed by atoms with Gasteiger partial charge in [0.05, 0.1) is 11.5 Å². The molecule has 6 nitrogen and oxygen atoms in total. The maximum Gasteiger partial charge on any atom is 0.387 e. The summed E-state index contributed by atoms with van der Waals surface area (Å²) in [6, 6.07) is 5.97. The maximum absolute atomic E-state index is 12.7. The van der Waals surface area contributed by atoms with Crippen LogP contribution in [0.15, 0.2) is 22.6 Å². The van der Waals surface area contributed by atoms with E-state index in [4.69, 9.17) is 4.42 Å². The molecule has 0 aliphatic heterocycles. The lowest BCUT2D eigenvalue weighted by atomic mass is 9.67. The van der Waals surface area contributed by atoms with Crippen molar-refractivity contribution in [3.8, 4) is 17.6 Å². The highest BCUT2D eigenvalue weighted by Gasteiger charge is 2.39. The predicted octanol–water partition coefficient (Wildman–Crippen LogP) is 4.70. The summed E-state index contributed by atoms with van der Waals surface area (Å²) in [7, 11) is 0. The van der Waals surface area contributed by atoms with E-state index in [0.717, 1.165) is 6.07 Å². The number of ether oxygens (including phenoxy) is 2. The lowest BCUT2D eigenvalue weighted by molar-refractivity contribution is -0.0693. The fourth-order valence-electron chi connectivity index (χ4n) is 3.49. The van der Waals surface area contributed by atoms with Gasteiger partial charge in [0.25, 0.3) is 0 Å². The number of aryl methyl sites for hydroxylation is 1. The van der Waals surface area contributed by atoms with E-state index in [0.29, 0.717) is 43.0 Å². The Hall–Kier alpha value is -2.83. The van der Waals surface area contributed by atoms with Crippen LogP contribution in [0.2, 0.25) is 0 Å². The van der Waals surface area contributed by atoms with Crippen molar-refractivity contribution in [2.75, 3.05) is 0 Å². The van der Waals surface area contributed by atoms with Crippen molar-refractivity contribution in [2.24, 2.45) is 0 Å². The SMILES string of the molecule is Cc1nnc(C2CCC(C#N)(c3ccc(OC(F)F)c(OC(F)F)c3)CC2)o1. The topological polar surface area (TPSA) is 81.2 Å². The molecule has 1 aromatic carbocycles. The Morgan fingerprint density at radius 3 is 2.29 bits per heavy atom. The molecule has 0 amide bonds. The maximum atomic E-state index is 12.7. The number of nitrogens with zero attached hydrogens (tertiary/aromatic N) is 3. The number of nitriles is 1. The average molecular weight is 399 g/mol. The second-order valence-corrected chi connectivity index (χ2v) is 6.55. The lowest BCUT2D eigenvalue weighted by Gasteiger charge is -2.34. The minimum Gasteiger partial charge on any atom is -0.431 e. The van der Waals surface area contributed by atoms with Gasteiger partial charge in [0.1, 0.15) is 0 Å². The summed E-state index contributed by atoms with van der Waals surface area (Å²) in [5.41, 5.74) is -0.553. The number of hydrogen-bond acceptors (Lipinski definition) is 6. The molecule has 3 rings (SSSR count). The quantitative estimate of drug-likeness (QED) is 0.655. The molecule has 0 radical (unpaired) electrons. The highest BCUT2D eigenvalue weighted by atomic mass is 19.3. The molecule has 2 aromatic rings. The van der Waals surface area contributed by atoms with Gasteiger partial charge in [0, 0.05) is 12.8 Å². The summed E-state index contributed by atoms with van der Waals surface area (Å²) in [5, 5.41) is 17.6. The molecule has 150 valence electrons. The highest BCUT2D eigenvalue weighted by molar-refractivity contribution is 5.47. The van der Waals surface area contributed by atoms with E-state index >= 15 is 0 Å².